The van der Waals surface area contributed by atoms with Crippen LogP contribution in [0.5, 0.6) is 17.2 Å². The number of carbonyl (C=O) groups is 2. The zero-order valence-corrected chi connectivity index (χ0v) is 15.5. The van der Waals surface area contributed by atoms with Gasteiger partial charge >= 0.3 is 0 Å². The number of hydrogen-bond donors (Lipinski definition) is 2. The normalized spacial score (nSPS) is 10.4. The molecule has 2 rings (SSSR count). The first kappa shape index (κ1) is 19.8. The van der Waals surface area contributed by atoms with E-state index in [0.717, 1.165) is 0 Å². The van der Waals surface area contributed by atoms with Crippen molar-refractivity contribution in [1.82, 2.24) is 5.43 Å². The van der Waals surface area contributed by atoms with E-state index in [4.69, 9.17) is 14.2 Å². The monoisotopic (exact) mass is 371 g/mol. The first-order valence-corrected chi connectivity index (χ1v) is 7.99. The molecule has 27 heavy (non-hydrogen) atoms. The average Bonchev–Trinajstić information content (AvgIpc) is 2.66. The lowest BCUT2D eigenvalue weighted by molar-refractivity contribution is -0.114. The summed E-state index contributed by atoms with van der Waals surface area (Å²) in [6.45, 7) is 1.40. The molecular formula is C19H21N3O5. The number of nitrogens with one attached hydrogen (secondary N) is 2. The first-order valence-electron chi connectivity index (χ1n) is 7.99. The zero-order chi connectivity index (χ0) is 19.8. The summed E-state index contributed by atoms with van der Waals surface area (Å²) in [5.74, 6) is 0.801. The van der Waals surface area contributed by atoms with E-state index in [1.165, 1.54) is 34.5 Å². The summed E-state index contributed by atoms with van der Waals surface area (Å²) in [7, 11) is 4.55. The third-order valence-electron chi connectivity index (χ3n) is 3.51. The van der Waals surface area contributed by atoms with Crippen LogP contribution in [0, 0.1) is 0 Å². The molecular weight excluding hydrogens is 350 g/mol. The van der Waals surface area contributed by atoms with E-state index >= 15 is 0 Å². The molecule has 2 N–H and O–H groups in total. The van der Waals surface area contributed by atoms with Crippen LogP contribution < -0.4 is 25.0 Å². The predicted octanol–water partition coefficient (Wildman–Crippen LogP) is 2.43. The second kappa shape index (κ2) is 9.23. The maximum absolute atomic E-state index is 12.2. The van der Waals surface area contributed by atoms with Gasteiger partial charge in [0.05, 0.1) is 27.5 Å². The van der Waals surface area contributed by atoms with Gasteiger partial charge in [-0.1, -0.05) is 6.07 Å². The molecule has 2 aromatic carbocycles. The van der Waals surface area contributed by atoms with Crippen molar-refractivity contribution >= 4 is 23.7 Å². The third-order valence-corrected chi connectivity index (χ3v) is 3.51. The summed E-state index contributed by atoms with van der Waals surface area (Å²) < 4.78 is 15.8. The van der Waals surface area contributed by atoms with Crippen molar-refractivity contribution in [3.63, 3.8) is 0 Å². The highest BCUT2D eigenvalue weighted by atomic mass is 16.5. The Labute approximate surface area is 157 Å². The van der Waals surface area contributed by atoms with Gasteiger partial charge in [-0.15, -0.1) is 0 Å². The van der Waals surface area contributed by atoms with Crippen molar-refractivity contribution in [3.05, 3.63) is 47.5 Å². The zero-order valence-electron chi connectivity index (χ0n) is 15.5. The van der Waals surface area contributed by atoms with E-state index in [1.54, 1.807) is 36.4 Å². The summed E-state index contributed by atoms with van der Waals surface area (Å²) in [5, 5.41) is 6.57. The van der Waals surface area contributed by atoms with Gasteiger partial charge in [0.25, 0.3) is 5.91 Å². The highest BCUT2D eigenvalue weighted by Gasteiger charge is 2.12. The van der Waals surface area contributed by atoms with E-state index in [-0.39, 0.29) is 5.91 Å². The van der Waals surface area contributed by atoms with Gasteiger partial charge in [-0.3, -0.25) is 9.59 Å². The van der Waals surface area contributed by atoms with Crippen molar-refractivity contribution in [2.45, 2.75) is 6.92 Å². The fraction of sp³-hybridized carbons (Fsp3) is 0.211. The summed E-state index contributed by atoms with van der Waals surface area (Å²) in [6.07, 6.45) is 1.46. The van der Waals surface area contributed by atoms with Gasteiger partial charge < -0.3 is 19.5 Å². The number of carbonyl (C=O) groups excluding carboxylic acids is 2. The topological polar surface area (TPSA) is 98.2 Å². The average molecular weight is 371 g/mol. The van der Waals surface area contributed by atoms with Crippen LogP contribution in [0.2, 0.25) is 0 Å². The number of hydrogen-bond acceptors (Lipinski definition) is 6. The summed E-state index contributed by atoms with van der Waals surface area (Å²) >= 11 is 0. The second-order valence-corrected chi connectivity index (χ2v) is 5.42. The molecule has 2 amide bonds. The Balaban J connectivity index is 2.13. The molecule has 8 nitrogen and oxygen atoms in total. The summed E-state index contributed by atoms with van der Waals surface area (Å²) in [5.41, 5.74) is 3.98. The van der Waals surface area contributed by atoms with Crippen molar-refractivity contribution in [2.75, 3.05) is 26.6 Å². The highest BCUT2D eigenvalue weighted by Crippen LogP contribution is 2.37. The van der Waals surface area contributed by atoms with Gasteiger partial charge in [0.15, 0.2) is 11.5 Å². The Morgan fingerprint density at radius 2 is 1.67 bits per heavy atom. The lowest BCUT2D eigenvalue weighted by atomic mass is 10.2. The molecule has 142 valence electrons. The molecule has 0 aliphatic carbocycles. The lowest BCUT2D eigenvalue weighted by Gasteiger charge is -2.12. The van der Waals surface area contributed by atoms with Gasteiger partial charge in [-0.2, -0.15) is 5.10 Å². The Morgan fingerprint density at radius 1 is 1.00 bits per heavy atom. The van der Waals surface area contributed by atoms with E-state index in [9.17, 15) is 9.59 Å². The van der Waals surface area contributed by atoms with Gasteiger partial charge in [-0.05, 0) is 30.3 Å². The van der Waals surface area contributed by atoms with Crippen LogP contribution in [0.3, 0.4) is 0 Å². The van der Waals surface area contributed by atoms with Gasteiger partial charge in [-0.25, -0.2) is 5.43 Å². The second-order valence-electron chi connectivity index (χ2n) is 5.42. The fourth-order valence-electron chi connectivity index (χ4n) is 2.35. The van der Waals surface area contributed by atoms with E-state index in [2.05, 4.69) is 15.8 Å². The molecule has 0 heterocycles. The van der Waals surface area contributed by atoms with Crippen LogP contribution in [-0.4, -0.2) is 39.4 Å². The fourth-order valence-corrected chi connectivity index (χ4v) is 2.35. The Hall–Kier alpha value is -3.55. The number of nitrogens with zero attached hydrogens (tertiary/aromatic N) is 1. The van der Waals surface area contributed by atoms with Crippen molar-refractivity contribution in [2.24, 2.45) is 5.10 Å². The van der Waals surface area contributed by atoms with Gasteiger partial charge in [0.2, 0.25) is 11.7 Å². The van der Waals surface area contributed by atoms with Crippen LogP contribution in [0.4, 0.5) is 5.69 Å². The van der Waals surface area contributed by atoms with E-state index in [0.29, 0.717) is 34.1 Å². The molecule has 0 atom stereocenters. The Kier molecular flexibility index (Phi) is 6.76. The molecule has 0 spiro atoms. The minimum atomic E-state index is -0.411. The molecule has 0 fully saturated rings. The van der Waals surface area contributed by atoms with Crippen molar-refractivity contribution < 1.29 is 23.8 Å². The number of anilines is 1. The van der Waals surface area contributed by atoms with Crippen LogP contribution in [-0.2, 0) is 4.79 Å². The maximum Gasteiger partial charge on any atom is 0.271 e. The Bertz CT molecular complexity index is 839. The van der Waals surface area contributed by atoms with Crippen LogP contribution in [0.15, 0.2) is 41.5 Å². The summed E-state index contributed by atoms with van der Waals surface area (Å²) in [4.78, 5) is 23.3. The van der Waals surface area contributed by atoms with E-state index in [1.807, 2.05) is 0 Å². The molecule has 0 unspecified atom stereocenters. The smallest absolute Gasteiger partial charge is 0.271 e. The Morgan fingerprint density at radius 3 is 2.22 bits per heavy atom. The minimum absolute atomic E-state index is 0.215. The van der Waals surface area contributed by atoms with Gasteiger partial charge in [0, 0.05) is 23.7 Å². The van der Waals surface area contributed by atoms with E-state index < -0.39 is 5.91 Å². The number of hydrazone groups is 1. The molecule has 0 aliphatic rings. The predicted molar refractivity (Wildman–Crippen MR) is 102 cm³/mol. The minimum Gasteiger partial charge on any atom is -0.493 e. The van der Waals surface area contributed by atoms with Crippen LogP contribution >= 0.6 is 0 Å². The first-order chi connectivity index (χ1) is 13.0. The molecule has 0 aromatic heterocycles. The molecule has 2 aromatic rings. The number of ether oxygens (including phenoxy) is 3. The number of methoxy groups -OCH3 is 3. The number of benzene rings is 2. The van der Waals surface area contributed by atoms with Gasteiger partial charge in [0.1, 0.15) is 0 Å². The maximum atomic E-state index is 12.2. The molecule has 0 radical (unpaired) electrons. The number of amides is 2. The highest BCUT2D eigenvalue weighted by molar-refractivity contribution is 5.97. The largest absolute Gasteiger partial charge is 0.493 e. The standard InChI is InChI=1S/C19H21N3O5/c1-12(23)21-15-7-5-6-14(10-15)19(24)22-20-11-13-8-16(25-2)18(27-4)17(9-13)26-3/h5-11H,1-4H3,(H,21,23)(H,22,24)/b20-11-. The molecule has 0 bridgehead atoms. The molecule has 0 aliphatic heterocycles. The van der Waals surface area contributed by atoms with Crippen molar-refractivity contribution in [1.29, 1.82) is 0 Å². The SMILES string of the molecule is COc1cc(/C=N\NC(=O)c2cccc(NC(C)=O)c2)cc(OC)c1OC. The summed E-state index contributed by atoms with van der Waals surface area (Å²) in [6, 6.07) is 9.95. The molecule has 8 heteroatoms. The van der Waals surface area contributed by atoms with Crippen LogP contribution in [0.25, 0.3) is 0 Å². The lowest BCUT2D eigenvalue weighted by Crippen LogP contribution is -2.18. The molecule has 0 saturated carbocycles. The third kappa shape index (κ3) is 5.21. The molecule has 0 saturated heterocycles. The van der Waals surface area contributed by atoms with Crippen LogP contribution in [0.1, 0.15) is 22.8 Å². The number of rotatable bonds is 7. The van der Waals surface area contributed by atoms with Crippen molar-refractivity contribution in [3.8, 4) is 17.2 Å². The quantitative estimate of drug-likeness (QED) is 0.575.